The van der Waals surface area contributed by atoms with E-state index < -0.39 is 5.54 Å². The Morgan fingerprint density at radius 1 is 1.39 bits per heavy atom. The first-order valence-corrected chi connectivity index (χ1v) is 7.90. The molecule has 0 N–H and O–H groups in total. The summed E-state index contributed by atoms with van der Waals surface area (Å²) in [6.07, 6.45) is 3.46. The van der Waals surface area contributed by atoms with E-state index in [1.165, 1.54) is 6.92 Å². The third-order valence-electron chi connectivity index (χ3n) is 4.45. The van der Waals surface area contributed by atoms with Crippen LogP contribution < -0.4 is 4.74 Å². The minimum atomic E-state index is -0.590. The molecule has 1 amide bonds. The lowest BCUT2D eigenvalue weighted by Gasteiger charge is -2.43. The van der Waals surface area contributed by atoms with E-state index >= 15 is 0 Å². The van der Waals surface area contributed by atoms with Crippen LogP contribution in [0.2, 0.25) is 0 Å². The van der Waals surface area contributed by atoms with Crippen LogP contribution in [0.15, 0.2) is 24.3 Å². The Balaban J connectivity index is 1.77. The van der Waals surface area contributed by atoms with Gasteiger partial charge in [0.25, 0.3) is 0 Å². The fourth-order valence-corrected chi connectivity index (χ4v) is 2.66. The van der Waals surface area contributed by atoms with E-state index in [9.17, 15) is 14.9 Å². The molecule has 1 aliphatic rings. The van der Waals surface area contributed by atoms with Crippen LogP contribution in [0, 0.1) is 11.3 Å². The highest BCUT2D eigenvalue weighted by molar-refractivity contribution is 5.94. The van der Waals surface area contributed by atoms with Crippen LogP contribution in [0.4, 0.5) is 0 Å². The van der Waals surface area contributed by atoms with Crippen LogP contribution in [0.1, 0.15) is 49.4 Å². The summed E-state index contributed by atoms with van der Waals surface area (Å²) in [5, 5.41) is 9.25. The van der Waals surface area contributed by atoms with Gasteiger partial charge in [-0.1, -0.05) is 12.1 Å². The predicted octanol–water partition coefficient (Wildman–Crippen LogP) is 2.95. The molecule has 0 heterocycles. The lowest BCUT2D eigenvalue weighted by molar-refractivity contribution is -0.136. The van der Waals surface area contributed by atoms with Gasteiger partial charge in [-0.2, -0.15) is 5.26 Å². The van der Waals surface area contributed by atoms with E-state index in [-0.39, 0.29) is 11.7 Å². The second-order valence-corrected chi connectivity index (χ2v) is 5.99. The molecule has 0 unspecified atom stereocenters. The number of ether oxygens (including phenoxy) is 1. The van der Waals surface area contributed by atoms with Gasteiger partial charge >= 0.3 is 0 Å². The van der Waals surface area contributed by atoms with Crippen molar-refractivity contribution in [2.24, 2.45) is 0 Å². The molecule has 1 aliphatic carbocycles. The zero-order valence-corrected chi connectivity index (χ0v) is 13.7. The fraction of sp³-hybridized carbons (Fsp3) is 0.500. The topological polar surface area (TPSA) is 70.4 Å². The standard InChI is InChI=1S/C18H22N2O3/c1-14(21)15-6-3-7-16(12-15)23-11-4-8-17(22)20(2)18(13-19)9-5-10-18/h3,6-7,12H,4-5,8-11H2,1-2H3. The molecule has 1 fully saturated rings. The van der Waals surface area contributed by atoms with Crippen molar-refractivity contribution in [2.45, 2.75) is 44.6 Å². The first-order chi connectivity index (χ1) is 11.0. The highest BCUT2D eigenvalue weighted by Crippen LogP contribution is 2.36. The molecule has 1 aromatic carbocycles. The van der Waals surface area contributed by atoms with Gasteiger partial charge in [0.15, 0.2) is 5.78 Å². The quantitative estimate of drug-likeness (QED) is 0.573. The van der Waals surface area contributed by atoms with Gasteiger partial charge in [-0.15, -0.1) is 0 Å². The van der Waals surface area contributed by atoms with Gasteiger partial charge in [0.1, 0.15) is 11.3 Å². The second-order valence-electron chi connectivity index (χ2n) is 5.99. The normalized spacial score (nSPS) is 15.2. The predicted molar refractivity (Wildman–Crippen MR) is 86.1 cm³/mol. The molecule has 0 bridgehead atoms. The van der Waals surface area contributed by atoms with Crippen molar-refractivity contribution in [3.63, 3.8) is 0 Å². The lowest BCUT2D eigenvalue weighted by Crippen LogP contribution is -2.53. The zero-order valence-electron chi connectivity index (χ0n) is 13.7. The number of carbonyl (C=O) groups is 2. The summed E-state index contributed by atoms with van der Waals surface area (Å²) < 4.78 is 5.59. The van der Waals surface area contributed by atoms with Crippen molar-refractivity contribution in [3.8, 4) is 11.8 Å². The summed E-state index contributed by atoms with van der Waals surface area (Å²) in [6, 6.07) is 9.29. The summed E-state index contributed by atoms with van der Waals surface area (Å²) >= 11 is 0. The van der Waals surface area contributed by atoms with Crippen molar-refractivity contribution in [1.82, 2.24) is 4.90 Å². The first-order valence-electron chi connectivity index (χ1n) is 7.90. The lowest BCUT2D eigenvalue weighted by atomic mass is 9.76. The van der Waals surface area contributed by atoms with Crippen molar-refractivity contribution in [1.29, 1.82) is 5.26 Å². The number of hydrogen-bond acceptors (Lipinski definition) is 4. The van der Waals surface area contributed by atoms with Crippen LogP contribution in [-0.4, -0.2) is 35.8 Å². The zero-order chi connectivity index (χ0) is 16.9. The van der Waals surface area contributed by atoms with Crippen LogP contribution in [-0.2, 0) is 4.79 Å². The molecular weight excluding hydrogens is 292 g/mol. The summed E-state index contributed by atoms with van der Waals surface area (Å²) in [5.41, 5.74) is 0.0209. The minimum Gasteiger partial charge on any atom is -0.494 e. The van der Waals surface area contributed by atoms with Crippen molar-refractivity contribution >= 4 is 11.7 Å². The third kappa shape index (κ3) is 3.89. The number of carbonyl (C=O) groups excluding carboxylic acids is 2. The molecule has 0 saturated heterocycles. The van der Waals surface area contributed by atoms with Gasteiger partial charge in [0.05, 0.1) is 12.7 Å². The van der Waals surface area contributed by atoms with Crippen molar-refractivity contribution < 1.29 is 14.3 Å². The first kappa shape index (κ1) is 17.0. The molecule has 5 nitrogen and oxygen atoms in total. The van der Waals surface area contributed by atoms with Crippen LogP contribution in [0.5, 0.6) is 5.75 Å². The molecule has 0 radical (unpaired) electrons. The van der Waals surface area contributed by atoms with E-state index in [1.807, 2.05) is 0 Å². The maximum atomic E-state index is 12.2. The average molecular weight is 314 g/mol. The monoisotopic (exact) mass is 314 g/mol. The van der Waals surface area contributed by atoms with Gasteiger partial charge in [-0.3, -0.25) is 9.59 Å². The molecule has 0 spiro atoms. The Labute approximate surface area is 136 Å². The van der Waals surface area contributed by atoms with Crippen molar-refractivity contribution in [2.75, 3.05) is 13.7 Å². The highest BCUT2D eigenvalue weighted by atomic mass is 16.5. The molecule has 23 heavy (non-hydrogen) atoms. The SMILES string of the molecule is CC(=O)c1cccc(OCCCC(=O)N(C)C2(C#N)CCC2)c1. The Kier molecular flexibility index (Phi) is 5.38. The van der Waals surface area contributed by atoms with Crippen LogP contribution >= 0.6 is 0 Å². The number of benzene rings is 1. The van der Waals surface area contributed by atoms with E-state index in [2.05, 4.69) is 6.07 Å². The molecule has 5 heteroatoms. The summed E-state index contributed by atoms with van der Waals surface area (Å²) in [5.74, 6) is 0.605. The largest absolute Gasteiger partial charge is 0.494 e. The smallest absolute Gasteiger partial charge is 0.223 e. The maximum absolute atomic E-state index is 12.2. The molecule has 0 atom stereocenters. The number of nitrogens with zero attached hydrogens (tertiary/aromatic N) is 2. The Hall–Kier alpha value is -2.35. The Morgan fingerprint density at radius 2 is 2.13 bits per heavy atom. The minimum absolute atomic E-state index is 0.00504. The Bertz CT molecular complexity index is 629. The number of amides is 1. The summed E-state index contributed by atoms with van der Waals surface area (Å²) in [6.45, 7) is 1.92. The molecule has 1 aromatic rings. The van der Waals surface area contributed by atoms with E-state index in [1.54, 1.807) is 36.2 Å². The van der Waals surface area contributed by atoms with Crippen molar-refractivity contribution in [3.05, 3.63) is 29.8 Å². The van der Waals surface area contributed by atoms with Gasteiger partial charge in [0, 0.05) is 19.0 Å². The van der Waals surface area contributed by atoms with E-state index in [4.69, 9.17) is 4.74 Å². The van der Waals surface area contributed by atoms with Gasteiger partial charge in [-0.25, -0.2) is 0 Å². The third-order valence-corrected chi connectivity index (χ3v) is 4.45. The van der Waals surface area contributed by atoms with E-state index in [0.717, 1.165) is 19.3 Å². The van der Waals surface area contributed by atoms with Gasteiger partial charge in [-0.05, 0) is 44.7 Å². The van der Waals surface area contributed by atoms with Crippen LogP contribution in [0.3, 0.4) is 0 Å². The molecule has 1 saturated carbocycles. The molecule has 0 aliphatic heterocycles. The number of hydrogen-bond donors (Lipinski definition) is 0. The van der Waals surface area contributed by atoms with Gasteiger partial charge < -0.3 is 9.64 Å². The average Bonchev–Trinajstić information content (AvgIpc) is 2.51. The fourth-order valence-electron chi connectivity index (χ4n) is 2.66. The number of nitriles is 1. The van der Waals surface area contributed by atoms with Crippen LogP contribution in [0.25, 0.3) is 0 Å². The number of rotatable bonds is 7. The Morgan fingerprint density at radius 3 is 2.70 bits per heavy atom. The molecule has 2 rings (SSSR count). The number of ketones is 1. The second kappa shape index (κ2) is 7.28. The highest BCUT2D eigenvalue weighted by Gasteiger charge is 2.43. The van der Waals surface area contributed by atoms with Gasteiger partial charge in [0.2, 0.25) is 5.91 Å². The molecule has 0 aromatic heterocycles. The maximum Gasteiger partial charge on any atom is 0.223 e. The molecule has 122 valence electrons. The van der Waals surface area contributed by atoms with E-state index in [0.29, 0.717) is 30.8 Å². The summed E-state index contributed by atoms with van der Waals surface area (Å²) in [4.78, 5) is 25.1. The summed E-state index contributed by atoms with van der Waals surface area (Å²) in [7, 11) is 1.71. The molecular formula is C18H22N2O3. The number of Topliss-reactive ketones (excluding diaryl/α,β-unsaturated/α-hetero) is 1.